The highest BCUT2D eigenvalue weighted by Gasteiger charge is 2.32. The second-order valence-corrected chi connectivity index (χ2v) is 5.35. The Hall–Kier alpha value is -1.81. The van der Waals surface area contributed by atoms with Gasteiger partial charge in [0.1, 0.15) is 6.04 Å². The second-order valence-electron chi connectivity index (χ2n) is 5.35. The summed E-state index contributed by atoms with van der Waals surface area (Å²) >= 11 is 0. The van der Waals surface area contributed by atoms with Gasteiger partial charge in [0, 0.05) is 29.1 Å². The fraction of sp³-hybridized carbons (Fsp3) is 0.438. The molecule has 2 atom stereocenters. The molecular formula is C16H20N2O2. The Kier molecular flexibility index (Phi) is 3.49. The summed E-state index contributed by atoms with van der Waals surface area (Å²) in [6, 6.07) is 8.23. The molecule has 0 amide bonds. The minimum Gasteiger partial charge on any atom is -0.468 e. The van der Waals surface area contributed by atoms with E-state index >= 15 is 0 Å². The van der Waals surface area contributed by atoms with Crippen LogP contribution in [-0.4, -0.2) is 24.1 Å². The molecule has 3 rings (SSSR count). The molecule has 2 aromatic rings. The number of ether oxygens (including phenoxy) is 1. The lowest BCUT2D eigenvalue weighted by atomic mass is 9.92. The highest BCUT2D eigenvalue weighted by atomic mass is 16.5. The number of aromatic nitrogens is 1. The van der Waals surface area contributed by atoms with E-state index in [1.807, 2.05) is 12.1 Å². The maximum absolute atomic E-state index is 11.9. The van der Waals surface area contributed by atoms with E-state index in [1.54, 1.807) is 0 Å². The van der Waals surface area contributed by atoms with E-state index in [1.165, 1.54) is 23.8 Å². The van der Waals surface area contributed by atoms with E-state index in [2.05, 4.69) is 29.4 Å². The van der Waals surface area contributed by atoms with Crippen LogP contribution in [0.25, 0.3) is 10.9 Å². The number of aromatic amines is 1. The van der Waals surface area contributed by atoms with Crippen molar-refractivity contribution >= 4 is 16.9 Å². The number of fused-ring (bicyclic) bond motifs is 3. The van der Waals surface area contributed by atoms with Crippen molar-refractivity contribution in [3.8, 4) is 0 Å². The second kappa shape index (κ2) is 5.29. The third-order valence-electron chi connectivity index (χ3n) is 4.07. The Morgan fingerprint density at radius 3 is 2.95 bits per heavy atom. The first-order valence-corrected chi connectivity index (χ1v) is 7.18. The molecule has 2 heterocycles. The smallest absolute Gasteiger partial charge is 0.323 e. The van der Waals surface area contributed by atoms with Gasteiger partial charge in [0.2, 0.25) is 0 Å². The molecule has 0 saturated carbocycles. The van der Waals surface area contributed by atoms with Crippen LogP contribution < -0.4 is 5.32 Å². The van der Waals surface area contributed by atoms with E-state index in [4.69, 9.17) is 4.74 Å². The Bertz CT molecular complexity index is 632. The number of carbonyl (C=O) groups excluding carboxylic acids is 1. The average molecular weight is 272 g/mol. The van der Waals surface area contributed by atoms with E-state index in [0.29, 0.717) is 6.42 Å². The summed E-state index contributed by atoms with van der Waals surface area (Å²) in [4.78, 5) is 15.4. The van der Waals surface area contributed by atoms with Gasteiger partial charge in [-0.3, -0.25) is 10.1 Å². The van der Waals surface area contributed by atoms with Gasteiger partial charge in [-0.15, -0.1) is 0 Å². The van der Waals surface area contributed by atoms with Crippen LogP contribution in [0.3, 0.4) is 0 Å². The Balaban J connectivity index is 2.06. The molecule has 20 heavy (non-hydrogen) atoms. The zero-order valence-electron chi connectivity index (χ0n) is 11.9. The van der Waals surface area contributed by atoms with Crippen LogP contribution in [0.2, 0.25) is 0 Å². The van der Waals surface area contributed by atoms with Crippen molar-refractivity contribution in [2.24, 2.45) is 0 Å². The molecule has 106 valence electrons. The van der Waals surface area contributed by atoms with Crippen LogP contribution in [0, 0.1) is 0 Å². The first-order valence-electron chi connectivity index (χ1n) is 7.18. The van der Waals surface area contributed by atoms with Gasteiger partial charge in [-0.1, -0.05) is 31.5 Å². The number of benzene rings is 1. The third kappa shape index (κ3) is 2.10. The number of para-hydroxylation sites is 1. The lowest BCUT2D eigenvalue weighted by Gasteiger charge is -2.29. The number of hydrogen-bond acceptors (Lipinski definition) is 3. The molecule has 1 aliphatic heterocycles. The largest absolute Gasteiger partial charge is 0.468 e. The van der Waals surface area contributed by atoms with Crippen LogP contribution in [0.1, 0.15) is 37.1 Å². The molecule has 1 aliphatic rings. The molecule has 0 unspecified atom stereocenters. The normalized spacial score (nSPS) is 21.7. The number of hydrogen-bond donors (Lipinski definition) is 2. The first-order chi connectivity index (χ1) is 9.74. The van der Waals surface area contributed by atoms with Crippen LogP contribution in [-0.2, 0) is 16.0 Å². The van der Waals surface area contributed by atoms with Gasteiger partial charge >= 0.3 is 5.97 Å². The molecule has 4 heteroatoms. The van der Waals surface area contributed by atoms with E-state index < -0.39 is 0 Å². The highest BCUT2D eigenvalue weighted by Crippen LogP contribution is 2.33. The molecule has 0 bridgehead atoms. The van der Waals surface area contributed by atoms with Gasteiger partial charge in [0.15, 0.2) is 0 Å². The summed E-state index contributed by atoms with van der Waals surface area (Å²) in [6.45, 7) is 2.16. The van der Waals surface area contributed by atoms with Gasteiger partial charge < -0.3 is 9.72 Å². The van der Waals surface area contributed by atoms with Crippen molar-refractivity contribution < 1.29 is 9.53 Å². The maximum atomic E-state index is 11.9. The van der Waals surface area contributed by atoms with Crippen molar-refractivity contribution in [2.45, 2.75) is 38.3 Å². The quantitative estimate of drug-likeness (QED) is 0.845. The fourth-order valence-corrected chi connectivity index (χ4v) is 3.14. The Labute approximate surface area is 118 Å². The molecule has 2 N–H and O–H groups in total. The van der Waals surface area contributed by atoms with E-state index in [9.17, 15) is 4.79 Å². The lowest BCUT2D eigenvalue weighted by molar-refractivity contribution is -0.143. The molecule has 0 radical (unpaired) electrons. The number of H-pyrrole nitrogens is 1. The number of esters is 1. The maximum Gasteiger partial charge on any atom is 0.323 e. The fourth-order valence-electron chi connectivity index (χ4n) is 3.14. The predicted octanol–water partition coefficient (Wildman–Crippen LogP) is 2.70. The zero-order valence-corrected chi connectivity index (χ0v) is 11.9. The van der Waals surface area contributed by atoms with Gasteiger partial charge in [0.25, 0.3) is 0 Å². The van der Waals surface area contributed by atoms with Gasteiger partial charge in [-0.2, -0.15) is 0 Å². The van der Waals surface area contributed by atoms with Crippen molar-refractivity contribution in [3.63, 3.8) is 0 Å². The molecule has 1 aromatic carbocycles. The summed E-state index contributed by atoms with van der Waals surface area (Å²) in [5.41, 5.74) is 3.63. The van der Waals surface area contributed by atoms with Crippen molar-refractivity contribution in [1.82, 2.24) is 10.3 Å². The molecule has 0 spiro atoms. The van der Waals surface area contributed by atoms with Gasteiger partial charge in [-0.25, -0.2) is 0 Å². The number of rotatable bonds is 3. The summed E-state index contributed by atoms with van der Waals surface area (Å²) < 4.78 is 4.91. The van der Waals surface area contributed by atoms with Crippen molar-refractivity contribution in [1.29, 1.82) is 0 Å². The first kappa shape index (κ1) is 13.2. The van der Waals surface area contributed by atoms with Crippen LogP contribution in [0.15, 0.2) is 24.3 Å². The molecule has 0 aliphatic carbocycles. The van der Waals surface area contributed by atoms with E-state index in [-0.39, 0.29) is 18.1 Å². The zero-order chi connectivity index (χ0) is 14.1. The summed E-state index contributed by atoms with van der Waals surface area (Å²) in [7, 11) is 1.45. The monoisotopic (exact) mass is 272 g/mol. The third-order valence-corrected chi connectivity index (χ3v) is 4.07. The van der Waals surface area contributed by atoms with E-state index in [0.717, 1.165) is 18.4 Å². The predicted molar refractivity (Wildman–Crippen MR) is 78.6 cm³/mol. The Morgan fingerprint density at radius 2 is 2.20 bits per heavy atom. The van der Waals surface area contributed by atoms with Crippen molar-refractivity contribution in [2.75, 3.05) is 7.11 Å². The molecule has 1 aromatic heterocycles. The summed E-state index contributed by atoms with van der Waals surface area (Å²) in [6.07, 6.45) is 2.76. The molecule has 0 saturated heterocycles. The van der Waals surface area contributed by atoms with Gasteiger partial charge in [-0.05, 0) is 18.1 Å². The molecule has 0 fully saturated rings. The SMILES string of the molecule is CCC[C@@H]1N[C@@H](C(=O)OC)Cc2c1[nH]c1ccccc21. The number of methoxy groups -OCH3 is 1. The standard InChI is InChI=1S/C16H20N2O2/c1-3-6-13-15-11(9-14(17-13)16(19)20-2)10-7-4-5-8-12(10)18-15/h4-5,7-8,13-14,17-18H,3,6,9H2,1-2H3/t13-,14+/m0/s1. The lowest BCUT2D eigenvalue weighted by Crippen LogP contribution is -2.45. The average Bonchev–Trinajstić information content (AvgIpc) is 2.86. The minimum absolute atomic E-state index is 0.179. The van der Waals surface area contributed by atoms with Crippen LogP contribution >= 0.6 is 0 Å². The summed E-state index contributed by atoms with van der Waals surface area (Å²) in [5.74, 6) is -0.179. The summed E-state index contributed by atoms with van der Waals surface area (Å²) in [5, 5.41) is 4.64. The van der Waals surface area contributed by atoms with Crippen molar-refractivity contribution in [3.05, 3.63) is 35.5 Å². The minimum atomic E-state index is -0.247. The van der Waals surface area contributed by atoms with Crippen LogP contribution in [0.4, 0.5) is 0 Å². The number of carbonyl (C=O) groups is 1. The number of nitrogens with one attached hydrogen (secondary N) is 2. The molecular weight excluding hydrogens is 252 g/mol. The molecule has 4 nitrogen and oxygen atoms in total. The van der Waals surface area contributed by atoms with Crippen LogP contribution in [0.5, 0.6) is 0 Å². The van der Waals surface area contributed by atoms with Gasteiger partial charge in [0.05, 0.1) is 7.11 Å². The topological polar surface area (TPSA) is 54.1 Å². The highest BCUT2D eigenvalue weighted by molar-refractivity contribution is 5.87. The Morgan fingerprint density at radius 1 is 1.40 bits per heavy atom.